The van der Waals surface area contributed by atoms with Crippen LogP contribution in [0.3, 0.4) is 0 Å². The fourth-order valence-corrected chi connectivity index (χ4v) is 2.38. The van der Waals surface area contributed by atoms with Crippen molar-refractivity contribution >= 4 is 18.0 Å². The lowest BCUT2D eigenvalue weighted by Gasteiger charge is -2.14. The molecule has 0 fully saturated rings. The van der Waals surface area contributed by atoms with Crippen LogP contribution in [-0.2, 0) is 7.05 Å². The third-order valence-corrected chi connectivity index (χ3v) is 3.41. The van der Waals surface area contributed by atoms with Gasteiger partial charge in [0.05, 0.1) is 17.1 Å². The average Bonchev–Trinajstić information content (AvgIpc) is 2.65. The Balaban J connectivity index is 2.35. The maximum atomic E-state index is 11.0. The summed E-state index contributed by atoms with van der Waals surface area (Å²) in [5.74, 6) is 0. The molecule has 0 aromatic carbocycles. The molecule has 19 heavy (non-hydrogen) atoms. The first-order valence-corrected chi connectivity index (χ1v) is 6.04. The van der Waals surface area contributed by atoms with Crippen LogP contribution in [0, 0.1) is 10.1 Å². The maximum absolute atomic E-state index is 11.0. The first kappa shape index (κ1) is 13.4. The van der Waals surface area contributed by atoms with E-state index < -0.39 is 11.0 Å². The Hall–Kier alpha value is -2.02. The lowest BCUT2D eigenvalue weighted by atomic mass is 10.0. The van der Waals surface area contributed by atoms with Crippen molar-refractivity contribution in [3.63, 3.8) is 0 Å². The predicted octanol–water partition coefficient (Wildman–Crippen LogP) is 1.33. The fourth-order valence-electron chi connectivity index (χ4n) is 2.38. The van der Waals surface area contributed by atoms with Crippen molar-refractivity contribution in [3.05, 3.63) is 28.1 Å². The minimum absolute atomic E-state index is 0.00625. The van der Waals surface area contributed by atoms with Gasteiger partial charge < -0.3 is 5.11 Å². The van der Waals surface area contributed by atoms with Gasteiger partial charge in [0, 0.05) is 7.05 Å². The molecular formula is C12H16N4O3. The number of aromatic nitrogens is 2. The third kappa shape index (κ3) is 2.55. The van der Waals surface area contributed by atoms with Gasteiger partial charge in [-0.15, -0.1) is 0 Å². The van der Waals surface area contributed by atoms with Gasteiger partial charge >= 0.3 is 5.69 Å². The molecule has 1 aromatic heterocycles. The van der Waals surface area contributed by atoms with Crippen molar-refractivity contribution in [2.24, 2.45) is 12.0 Å². The second-order valence-electron chi connectivity index (χ2n) is 4.58. The van der Waals surface area contributed by atoms with Gasteiger partial charge in [0.1, 0.15) is 11.9 Å². The van der Waals surface area contributed by atoms with E-state index in [9.17, 15) is 15.2 Å². The number of hydrogen-bond donors (Lipinski definition) is 1. The van der Waals surface area contributed by atoms with E-state index in [0.29, 0.717) is 25.0 Å². The van der Waals surface area contributed by atoms with E-state index in [-0.39, 0.29) is 11.7 Å². The third-order valence-electron chi connectivity index (χ3n) is 3.41. The first-order valence-electron chi connectivity index (χ1n) is 6.04. The molecule has 0 amide bonds. The van der Waals surface area contributed by atoms with Crippen LogP contribution in [0.2, 0.25) is 0 Å². The quantitative estimate of drug-likeness (QED) is 0.506. The zero-order chi connectivity index (χ0) is 14.0. The molecule has 0 spiro atoms. The Bertz CT molecular complexity index is 535. The minimum atomic E-state index is -0.581. The molecular weight excluding hydrogens is 248 g/mol. The summed E-state index contributed by atoms with van der Waals surface area (Å²) in [6, 6.07) is -0.221. The van der Waals surface area contributed by atoms with Gasteiger partial charge in [-0.1, -0.05) is 6.08 Å². The lowest BCUT2D eigenvalue weighted by molar-refractivity contribution is -0.385. The van der Waals surface area contributed by atoms with E-state index in [1.807, 2.05) is 6.08 Å². The molecule has 2 rings (SSSR count). The topological polar surface area (TPSA) is 93.5 Å². The Morgan fingerprint density at radius 2 is 2.42 bits per heavy atom. The molecule has 7 heteroatoms. The molecule has 0 aliphatic heterocycles. The number of allylic oxidation sites excluding steroid dienone is 1. The molecule has 0 bridgehead atoms. The number of nitrogens with zero attached hydrogens (tertiary/aromatic N) is 4. The van der Waals surface area contributed by atoms with Crippen LogP contribution in [-0.4, -0.2) is 38.7 Å². The molecule has 0 saturated heterocycles. The maximum Gasteiger partial charge on any atom is 0.314 e. The molecule has 102 valence electrons. The molecule has 1 heterocycles. The zero-order valence-electron chi connectivity index (χ0n) is 10.7. The van der Waals surface area contributed by atoms with Gasteiger partial charge in [0.15, 0.2) is 0 Å². The second kappa shape index (κ2) is 5.31. The number of aryl methyl sites for hydroxylation is 1. The van der Waals surface area contributed by atoms with E-state index in [1.54, 1.807) is 7.05 Å². The van der Waals surface area contributed by atoms with E-state index in [1.165, 1.54) is 10.9 Å². The average molecular weight is 264 g/mol. The van der Waals surface area contributed by atoms with E-state index in [2.05, 4.69) is 16.8 Å². The number of aliphatic imine (C=N–C) groups is 1. The highest BCUT2D eigenvalue weighted by Gasteiger charge is 2.26. The zero-order valence-corrected chi connectivity index (χ0v) is 10.7. The molecule has 2 atom stereocenters. The SMILES string of the molecule is C=N[C@@H]1CCC(c2c([N+](=O)[O-])cnn2C)=CC[C@H]1O. The van der Waals surface area contributed by atoms with Gasteiger partial charge in [0.25, 0.3) is 0 Å². The Morgan fingerprint density at radius 1 is 1.68 bits per heavy atom. The van der Waals surface area contributed by atoms with Crippen LogP contribution in [0.4, 0.5) is 5.69 Å². The van der Waals surface area contributed by atoms with Crippen LogP contribution in [0.25, 0.3) is 5.57 Å². The lowest BCUT2D eigenvalue weighted by Crippen LogP contribution is -2.22. The second-order valence-corrected chi connectivity index (χ2v) is 4.58. The van der Waals surface area contributed by atoms with Crippen LogP contribution >= 0.6 is 0 Å². The summed E-state index contributed by atoms with van der Waals surface area (Å²) in [4.78, 5) is 14.5. The highest BCUT2D eigenvalue weighted by atomic mass is 16.6. The Kier molecular flexibility index (Phi) is 3.75. The summed E-state index contributed by atoms with van der Waals surface area (Å²) in [5, 5.41) is 24.8. The number of nitro groups is 1. The monoisotopic (exact) mass is 264 g/mol. The molecule has 1 aliphatic carbocycles. The number of aliphatic hydroxyl groups is 1. The van der Waals surface area contributed by atoms with Crippen molar-refractivity contribution < 1.29 is 10.0 Å². The highest BCUT2D eigenvalue weighted by molar-refractivity contribution is 5.70. The Morgan fingerprint density at radius 3 is 3.05 bits per heavy atom. The normalized spacial score (nSPS) is 23.6. The number of rotatable bonds is 3. The molecule has 0 radical (unpaired) electrons. The minimum Gasteiger partial charge on any atom is -0.391 e. The molecule has 1 aliphatic rings. The van der Waals surface area contributed by atoms with E-state index >= 15 is 0 Å². The molecule has 0 unspecified atom stereocenters. The van der Waals surface area contributed by atoms with Crippen LogP contribution < -0.4 is 0 Å². The van der Waals surface area contributed by atoms with Gasteiger partial charge in [0.2, 0.25) is 0 Å². The van der Waals surface area contributed by atoms with Crippen molar-refractivity contribution in [3.8, 4) is 0 Å². The summed E-state index contributed by atoms with van der Waals surface area (Å²) >= 11 is 0. The smallest absolute Gasteiger partial charge is 0.314 e. The molecule has 7 nitrogen and oxygen atoms in total. The summed E-state index contributed by atoms with van der Waals surface area (Å²) in [5.41, 5.74) is 1.33. The molecule has 1 N–H and O–H groups in total. The van der Waals surface area contributed by atoms with Crippen molar-refractivity contribution in [2.45, 2.75) is 31.4 Å². The predicted molar refractivity (Wildman–Crippen MR) is 71.0 cm³/mol. The van der Waals surface area contributed by atoms with E-state index in [0.717, 1.165) is 5.57 Å². The standard InChI is InChI=1S/C12H16N4O3/c1-13-9-5-3-8(4-6-11(9)17)12-10(16(18)19)7-14-15(12)2/h4,7,9,11,17H,1,3,5-6H2,2H3/t9-,11-/m1/s1. The molecule has 1 aromatic rings. The van der Waals surface area contributed by atoms with Crippen molar-refractivity contribution in [1.82, 2.24) is 9.78 Å². The van der Waals surface area contributed by atoms with Gasteiger partial charge in [-0.2, -0.15) is 5.10 Å². The molecule has 0 saturated carbocycles. The highest BCUT2D eigenvalue weighted by Crippen LogP contribution is 2.32. The summed E-state index contributed by atoms with van der Waals surface area (Å²) in [6.07, 6.45) is 4.16. The number of aliphatic hydroxyl groups excluding tert-OH is 1. The van der Waals surface area contributed by atoms with Crippen molar-refractivity contribution in [2.75, 3.05) is 0 Å². The van der Waals surface area contributed by atoms with Crippen LogP contribution in [0.1, 0.15) is 25.0 Å². The largest absolute Gasteiger partial charge is 0.391 e. The van der Waals surface area contributed by atoms with Crippen LogP contribution in [0.15, 0.2) is 17.3 Å². The summed E-state index contributed by atoms with van der Waals surface area (Å²) in [7, 11) is 1.67. The van der Waals surface area contributed by atoms with Crippen molar-refractivity contribution in [1.29, 1.82) is 0 Å². The van der Waals surface area contributed by atoms with Gasteiger partial charge in [-0.3, -0.25) is 19.8 Å². The van der Waals surface area contributed by atoms with E-state index in [4.69, 9.17) is 0 Å². The Labute approximate surface area is 110 Å². The first-order chi connectivity index (χ1) is 9.04. The fraction of sp³-hybridized carbons (Fsp3) is 0.500. The van der Waals surface area contributed by atoms with Crippen LogP contribution in [0.5, 0.6) is 0 Å². The van der Waals surface area contributed by atoms with Gasteiger partial charge in [-0.25, -0.2) is 0 Å². The van der Waals surface area contributed by atoms with Gasteiger partial charge in [-0.05, 0) is 31.6 Å². The summed E-state index contributed by atoms with van der Waals surface area (Å²) in [6.45, 7) is 3.47. The summed E-state index contributed by atoms with van der Waals surface area (Å²) < 4.78 is 1.50. The number of hydrogen-bond acceptors (Lipinski definition) is 5.